The van der Waals surface area contributed by atoms with Gasteiger partial charge in [0.25, 0.3) is 0 Å². The third-order valence-corrected chi connectivity index (χ3v) is 3.22. The van der Waals surface area contributed by atoms with Crippen molar-refractivity contribution in [2.45, 2.75) is 26.8 Å². The van der Waals surface area contributed by atoms with Gasteiger partial charge in [0.05, 0.1) is 25.4 Å². The lowest BCUT2D eigenvalue weighted by atomic mass is 10.1. The molecule has 2 rings (SSSR count). The second-order valence-corrected chi connectivity index (χ2v) is 4.43. The first-order valence-electron chi connectivity index (χ1n) is 6.34. The van der Waals surface area contributed by atoms with Crippen LogP contribution in [0.25, 0.3) is 0 Å². The Bertz CT molecular complexity index is 570. The van der Waals surface area contributed by atoms with E-state index >= 15 is 0 Å². The number of benzene rings is 1. The van der Waals surface area contributed by atoms with Crippen LogP contribution < -0.4 is 4.74 Å². The number of carbonyl (C=O) groups excluding carboxylic acids is 1. The summed E-state index contributed by atoms with van der Waals surface area (Å²) in [5.41, 5.74) is 2.76. The lowest BCUT2D eigenvalue weighted by Crippen LogP contribution is -2.05. The third-order valence-electron chi connectivity index (χ3n) is 3.22. The number of hydrogen-bond acceptors (Lipinski definition) is 3. The molecule has 0 amide bonds. The SMILES string of the molecule is CCC(=O)c1cnn(Cc2ccc(OC)cc2)c1C. The summed E-state index contributed by atoms with van der Waals surface area (Å²) >= 11 is 0. The average molecular weight is 258 g/mol. The highest BCUT2D eigenvalue weighted by molar-refractivity contribution is 5.96. The summed E-state index contributed by atoms with van der Waals surface area (Å²) in [6.07, 6.45) is 2.17. The summed E-state index contributed by atoms with van der Waals surface area (Å²) < 4.78 is 6.98. The first-order chi connectivity index (χ1) is 9.15. The van der Waals surface area contributed by atoms with Gasteiger partial charge in [-0.3, -0.25) is 9.48 Å². The van der Waals surface area contributed by atoms with Crippen molar-refractivity contribution in [3.8, 4) is 5.75 Å². The van der Waals surface area contributed by atoms with Crippen LogP contribution in [-0.4, -0.2) is 22.7 Å². The van der Waals surface area contributed by atoms with Gasteiger partial charge < -0.3 is 4.74 Å². The number of aromatic nitrogens is 2. The zero-order chi connectivity index (χ0) is 13.8. The van der Waals surface area contributed by atoms with Crippen LogP contribution in [0, 0.1) is 6.92 Å². The van der Waals surface area contributed by atoms with E-state index in [1.807, 2.05) is 42.8 Å². The Kier molecular flexibility index (Phi) is 4.00. The van der Waals surface area contributed by atoms with E-state index < -0.39 is 0 Å². The fourth-order valence-electron chi connectivity index (χ4n) is 1.97. The van der Waals surface area contributed by atoms with E-state index in [0.29, 0.717) is 13.0 Å². The van der Waals surface area contributed by atoms with Gasteiger partial charge in [-0.1, -0.05) is 19.1 Å². The Morgan fingerprint density at radius 1 is 1.32 bits per heavy atom. The number of rotatable bonds is 5. The largest absolute Gasteiger partial charge is 0.497 e. The van der Waals surface area contributed by atoms with E-state index in [-0.39, 0.29) is 5.78 Å². The van der Waals surface area contributed by atoms with Gasteiger partial charge in [0.2, 0.25) is 0 Å². The Morgan fingerprint density at radius 3 is 2.58 bits per heavy atom. The highest BCUT2D eigenvalue weighted by Gasteiger charge is 2.12. The Balaban J connectivity index is 2.19. The maximum absolute atomic E-state index is 11.7. The van der Waals surface area contributed by atoms with E-state index in [0.717, 1.165) is 22.6 Å². The normalized spacial score (nSPS) is 10.5. The highest BCUT2D eigenvalue weighted by Crippen LogP contribution is 2.15. The van der Waals surface area contributed by atoms with Gasteiger partial charge in [0.15, 0.2) is 5.78 Å². The monoisotopic (exact) mass is 258 g/mol. The fraction of sp³-hybridized carbons (Fsp3) is 0.333. The minimum Gasteiger partial charge on any atom is -0.497 e. The molecule has 0 aliphatic carbocycles. The van der Waals surface area contributed by atoms with E-state index in [9.17, 15) is 4.79 Å². The molecule has 0 atom stereocenters. The third kappa shape index (κ3) is 2.84. The van der Waals surface area contributed by atoms with Crippen LogP contribution in [0.15, 0.2) is 30.5 Å². The predicted molar refractivity (Wildman–Crippen MR) is 73.7 cm³/mol. The maximum atomic E-state index is 11.7. The van der Waals surface area contributed by atoms with Crippen LogP contribution in [0.1, 0.15) is 35.0 Å². The fourth-order valence-corrected chi connectivity index (χ4v) is 1.97. The van der Waals surface area contributed by atoms with Gasteiger partial charge in [0.1, 0.15) is 5.75 Å². The molecular weight excluding hydrogens is 240 g/mol. The summed E-state index contributed by atoms with van der Waals surface area (Å²) in [6, 6.07) is 7.85. The minimum atomic E-state index is 0.137. The lowest BCUT2D eigenvalue weighted by Gasteiger charge is -2.06. The molecule has 0 fully saturated rings. The molecule has 4 nitrogen and oxygen atoms in total. The van der Waals surface area contributed by atoms with Crippen LogP contribution in [-0.2, 0) is 6.54 Å². The molecule has 4 heteroatoms. The number of ketones is 1. The molecule has 0 spiro atoms. The quantitative estimate of drug-likeness (QED) is 0.775. The van der Waals surface area contributed by atoms with Gasteiger partial charge in [-0.25, -0.2) is 0 Å². The number of methoxy groups -OCH3 is 1. The van der Waals surface area contributed by atoms with Crippen LogP contribution in [0.5, 0.6) is 5.75 Å². The first-order valence-corrected chi connectivity index (χ1v) is 6.34. The van der Waals surface area contributed by atoms with Gasteiger partial charge in [-0.05, 0) is 24.6 Å². The van der Waals surface area contributed by atoms with Crippen molar-refractivity contribution in [2.24, 2.45) is 0 Å². The summed E-state index contributed by atoms with van der Waals surface area (Å²) in [7, 11) is 1.65. The molecular formula is C15H18N2O2. The first kappa shape index (κ1) is 13.3. The van der Waals surface area contributed by atoms with Gasteiger partial charge >= 0.3 is 0 Å². The molecule has 2 aromatic rings. The zero-order valence-electron chi connectivity index (χ0n) is 11.5. The second kappa shape index (κ2) is 5.69. The van der Waals surface area contributed by atoms with Gasteiger partial charge in [-0.15, -0.1) is 0 Å². The van der Waals surface area contributed by atoms with Crippen LogP contribution in [0.4, 0.5) is 0 Å². The van der Waals surface area contributed by atoms with E-state index in [1.54, 1.807) is 13.3 Å². The van der Waals surface area contributed by atoms with Crippen LogP contribution in [0.2, 0.25) is 0 Å². The predicted octanol–water partition coefficient (Wildman–Crippen LogP) is 2.84. The topological polar surface area (TPSA) is 44.1 Å². The average Bonchev–Trinajstić information content (AvgIpc) is 2.80. The van der Waals surface area contributed by atoms with Crippen LogP contribution in [0.3, 0.4) is 0 Å². The molecule has 0 aliphatic rings. The van der Waals surface area contributed by atoms with Crippen LogP contribution >= 0.6 is 0 Å². The van der Waals surface area contributed by atoms with E-state index in [4.69, 9.17) is 4.74 Å². The Morgan fingerprint density at radius 2 is 2.00 bits per heavy atom. The van der Waals surface area contributed by atoms with Crippen molar-refractivity contribution >= 4 is 5.78 Å². The smallest absolute Gasteiger partial charge is 0.166 e. The molecule has 0 unspecified atom stereocenters. The Hall–Kier alpha value is -2.10. The van der Waals surface area contributed by atoms with E-state index in [2.05, 4.69) is 5.10 Å². The number of carbonyl (C=O) groups is 1. The molecule has 1 aromatic heterocycles. The number of Topliss-reactive ketones (excluding diaryl/α,β-unsaturated/α-hetero) is 1. The summed E-state index contributed by atoms with van der Waals surface area (Å²) in [5, 5.41) is 4.29. The highest BCUT2D eigenvalue weighted by atomic mass is 16.5. The van der Waals surface area contributed by atoms with Crippen molar-refractivity contribution in [3.05, 3.63) is 47.3 Å². The molecule has 0 N–H and O–H groups in total. The number of nitrogens with zero attached hydrogens (tertiary/aromatic N) is 2. The summed E-state index contributed by atoms with van der Waals surface area (Å²) in [6.45, 7) is 4.45. The molecule has 0 saturated carbocycles. The molecule has 19 heavy (non-hydrogen) atoms. The van der Waals surface area contributed by atoms with Crippen molar-refractivity contribution in [2.75, 3.05) is 7.11 Å². The van der Waals surface area contributed by atoms with Gasteiger partial charge in [-0.2, -0.15) is 5.10 Å². The molecule has 100 valence electrons. The molecule has 1 aromatic carbocycles. The van der Waals surface area contributed by atoms with Gasteiger partial charge in [0, 0.05) is 12.1 Å². The molecule has 0 radical (unpaired) electrons. The molecule has 0 saturated heterocycles. The minimum absolute atomic E-state index is 0.137. The summed E-state index contributed by atoms with van der Waals surface area (Å²) in [4.78, 5) is 11.7. The Labute approximate surface area is 113 Å². The molecule has 1 heterocycles. The second-order valence-electron chi connectivity index (χ2n) is 4.43. The van der Waals surface area contributed by atoms with Crippen molar-refractivity contribution in [1.82, 2.24) is 9.78 Å². The molecule has 0 bridgehead atoms. The lowest BCUT2D eigenvalue weighted by molar-refractivity contribution is 0.0987. The van der Waals surface area contributed by atoms with Crippen molar-refractivity contribution in [1.29, 1.82) is 0 Å². The number of ether oxygens (including phenoxy) is 1. The van der Waals surface area contributed by atoms with E-state index in [1.165, 1.54) is 0 Å². The maximum Gasteiger partial charge on any atom is 0.166 e. The summed E-state index contributed by atoms with van der Waals surface area (Å²) in [5.74, 6) is 0.973. The zero-order valence-corrected chi connectivity index (χ0v) is 11.5. The van der Waals surface area contributed by atoms with Crippen molar-refractivity contribution in [3.63, 3.8) is 0 Å². The molecule has 0 aliphatic heterocycles. The standard InChI is InChI=1S/C15H18N2O2/c1-4-15(18)14-9-16-17(11(14)2)10-12-5-7-13(19-3)8-6-12/h5-9H,4,10H2,1-3H3. The van der Waals surface area contributed by atoms with Crippen molar-refractivity contribution < 1.29 is 9.53 Å². The number of hydrogen-bond donors (Lipinski definition) is 0.